The average Bonchev–Trinajstić information content (AvgIpc) is 2.86. The highest BCUT2D eigenvalue weighted by atomic mass is 79.9. The monoisotopic (exact) mass is 342 g/mol. The van der Waals surface area contributed by atoms with E-state index in [1.54, 1.807) is 12.1 Å². The van der Waals surface area contributed by atoms with Crippen molar-refractivity contribution in [3.63, 3.8) is 0 Å². The zero-order valence-corrected chi connectivity index (χ0v) is 12.5. The lowest BCUT2D eigenvalue weighted by molar-refractivity contribution is -0.142. The fourth-order valence-electron chi connectivity index (χ4n) is 1.98. The minimum Gasteiger partial charge on any atom is -0.468 e. The number of ether oxygens (including phenoxy) is 2. The molecule has 1 aliphatic heterocycles. The first-order valence-electron chi connectivity index (χ1n) is 6.13. The molecule has 0 spiro atoms. The molecule has 0 unspecified atom stereocenters. The van der Waals surface area contributed by atoms with E-state index in [0.29, 0.717) is 18.7 Å². The first-order chi connectivity index (χ1) is 9.58. The van der Waals surface area contributed by atoms with Gasteiger partial charge in [-0.25, -0.2) is 4.79 Å². The van der Waals surface area contributed by atoms with Crippen LogP contribution in [0, 0.1) is 0 Å². The highest BCUT2D eigenvalue weighted by Gasteiger charge is 2.32. The van der Waals surface area contributed by atoms with Crippen molar-refractivity contribution in [1.29, 1.82) is 0 Å². The Morgan fingerprint density at radius 3 is 2.95 bits per heavy atom. The van der Waals surface area contributed by atoms with Crippen LogP contribution in [0.3, 0.4) is 0 Å². The van der Waals surface area contributed by atoms with E-state index in [1.165, 1.54) is 7.11 Å². The van der Waals surface area contributed by atoms with Crippen LogP contribution in [0.25, 0.3) is 0 Å². The SMILES string of the molecule is COC(=O)[C@@H]1C[C@@H](OC(=O)Nc2cccc(Br)c2)CN1. The summed E-state index contributed by atoms with van der Waals surface area (Å²) >= 11 is 3.32. The molecule has 1 fully saturated rings. The zero-order chi connectivity index (χ0) is 14.5. The molecule has 0 aliphatic carbocycles. The van der Waals surface area contributed by atoms with Gasteiger partial charge in [-0.05, 0) is 18.2 Å². The van der Waals surface area contributed by atoms with Gasteiger partial charge in [-0.3, -0.25) is 10.1 Å². The molecule has 108 valence electrons. The van der Waals surface area contributed by atoms with E-state index in [1.807, 2.05) is 12.1 Å². The number of halogens is 1. The molecule has 6 nitrogen and oxygen atoms in total. The Morgan fingerprint density at radius 1 is 1.45 bits per heavy atom. The molecule has 0 saturated carbocycles. The number of nitrogens with one attached hydrogen (secondary N) is 2. The molecule has 1 saturated heterocycles. The molecule has 0 aromatic heterocycles. The van der Waals surface area contributed by atoms with E-state index in [2.05, 4.69) is 31.3 Å². The summed E-state index contributed by atoms with van der Waals surface area (Å²) in [6.07, 6.45) is -0.467. The number of benzene rings is 1. The lowest BCUT2D eigenvalue weighted by atomic mass is 10.2. The van der Waals surface area contributed by atoms with Crippen molar-refractivity contribution in [1.82, 2.24) is 5.32 Å². The van der Waals surface area contributed by atoms with E-state index in [9.17, 15) is 9.59 Å². The standard InChI is InChI=1S/C13H15BrN2O4/c1-19-12(17)11-6-10(7-15-11)20-13(18)16-9-4-2-3-8(14)5-9/h2-5,10-11,15H,6-7H2,1H3,(H,16,18)/t10-,11+/m1/s1. The minimum absolute atomic E-state index is 0.341. The van der Waals surface area contributed by atoms with E-state index in [4.69, 9.17) is 4.74 Å². The van der Waals surface area contributed by atoms with Crippen LogP contribution in [0.1, 0.15) is 6.42 Å². The summed E-state index contributed by atoms with van der Waals surface area (Å²) in [5, 5.41) is 5.58. The van der Waals surface area contributed by atoms with Crippen LogP contribution >= 0.6 is 15.9 Å². The van der Waals surface area contributed by atoms with E-state index >= 15 is 0 Å². The van der Waals surface area contributed by atoms with Crippen molar-refractivity contribution < 1.29 is 19.1 Å². The van der Waals surface area contributed by atoms with Gasteiger partial charge in [0.25, 0.3) is 0 Å². The summed E-state index contributed by atoms with van der Waals surface area (Å²) in [6, 6.07) is 6.79. The Labute approximate surface area is 124 Å². The normalized spacial score (nSPS) is 21.3. The van der Waals surface area contributed by atoms with Crippen LogP contribution in [-0.4, -0.2) is 37.9 Å². The zero-order valence-electron chi connectivity index (χ0n) is 10.9. The average molecular weight is 343 g/mol. The largest absolute Gasteiger partial charge is 0.468 e. The minimum atomic E-state index is -0.541. The van der Waals surface area contributed by atoms with Gasteiger partial charge in [-0.15, -0.1) is 0 Å². The molecule has 7 heteroatoms. The number of hydrogen-bond donors (Lipinski definition) is 2. The number of amides is 1. The van der Waals surface area contributed by atoms with Gasteiger partial charge in [0.15, 0.2) is 0 Å². The summed E-state index contributed by atoms with van der Waals surface area (Å²) in [6.45, 7) is 0.436. The lowest BCUT2D eigenvalue weighted by Crippen LogP contribution is -2.31. The Morgan fingerprint density at radius 2 is 2.25 bits per heavy atom. The summed E-state index contributed by atoms with van der Waals surface area (Å²) < 4.78 is 10.7. The number of hydrogen-bond acceptors (Lipinski definition) is 5. The number of anilines is 1. The molecule has 1 aliphatic rings. The second-order valence-corrected chi connectivity index (χ2v) is 5.30. The van der Waals surface area contributed by atoms with Gasteiger partial charge in [0.05, 0.1) is 7.11 Å². The Kier molecular flexibility index (Phi) is 4.97. The van der Waals surface area contributed by atoms with Gasteiger partial charge in [0, 0.05) is 23.1 Å². The van der Waals surface area contributed by atoms with Gasteiger partial charge in [0.2, 0.25) is 0 Å². The molecule has 2 atom stereocenters. The van der Waals surface area contributed by atoms with Crippen LogP contribution in [0.2, 0.25) is 0 Å². The lowest BCUT2D eigenvalue weighted by Gasteiger charge is -2.12. The maximum absolute atomic E-state index is 11.7. The summed E-state index contributed by atoms with van der Waals surface area (Å²) in [7, 11) is 1.33. The molecule has 1 heterocycles. The molecule has 1 aromatic rings. The van der Waals surface area contributed by atoms with E-state index in [0.717, 1.165) is 4.47 Å². The molecular formula is C13H15BrN2O4. The van der Waals surface area contributed by atoms with Gasteiger partial charge >= 0.3 is 12.1 Å². The molecular weight excluding hydrogens is 328 g/mol. The summed E-state index contributed by atoms with van der Waals surface area (Å²) in [5.74, 6) is -0.344. The third-order valence-electron chi connectivity index (χ3n) is 2.92. The number of carbonyl (C=O) groups excluding carboxylic acids is 2. The van der Waals surface area contributed by atoms with Crippen LogP contribution in [0.4, 0.5) is 10.5 Å². The molecule has 2 rings (SSSR count). The van der Waals surface area contributed by atoms with Crippen molar-refractivity contribution in [3.8, 4) is 0 Å². The highest BCUT2D eigenvalue weighted by Crippen LogP contribution is 2.17. The smallest absolute Gasteiger partial charge is 0.411 e. The quantitative estimate of drug-likeness (QED) is 0.820. The predicted octanol–water partition coefficient (Wildman–Crippen LogP) is 1.90. The van der Waals surface area contributed by atoms with Crippen molar-refractivity contribution >= 4 is 33.7 Å². The fraction of sp³-hybridized carbons (Fsp3) is 0.385. The number of esters is 1. The van der Waals surface area contributed by atoms with Crippen LogP contribution < -0.4 is 10.6 Å². The van der Waals surface area contributed by atoms with Gasteiger partial charge in [-0.2, -0.15) is 0 Å². The first-order valence-corrected chi connectivity index (χ1v) is 6.92. The summed E-state index contributed by atoms with van der Waals surface area (Å²) in [4.78, 5) is 23.1. The first kappa shape index (κ1) is 14.8. The molecule has 0 bridgehead atoms. The molecule has 1 aromatic carbocycles. The van der Waals surface area contributed by atoms with Crippen molar-refractivity contribution in [2.75, 3.05) is 19.0 Å². The number of methoxy groups -OCH3 is 1. The topological polar surface area (TPSA) is 76.7 Å². The molecule has 1 amide bonds. The maximum atomic E-state index is 11.7. The van der Waals surface area contributed by atoms with E-state index in [-0.39, 0.29) is 12.1 Å². The Hall–Kier alpha value is -1.60. The Balaban J connectivity index is 1.82. The van der Waals surface area contributed by atoms with Crippen molar-refractivity contribution in [2.45, 2.75) is 18.6 Å². The highest BCUT2D eigenvalue weighted by molar-refractivity contribution is 9.10. The van der Waals surface area contributed by atoms with Crippen molar-refractivity contribution in [3.05, 3.63) is 28.7 Å². The molecule has 2 N–H and O–H groups in total. The van der Waals surface area contributed by atoms with Gasteiger partial charge < -0.3 is 14.8 Å². The third kappa shape index (κ3) is 3.94. The van der Waals surface area contributed by atoms with Crippen LogP contribution in [0.15, 0.2) is 28.7 Å². The van der Waals surface area contributed by atoms with Gasteiger partial charge in [-0.1, -0.05) is 22.0 Å². The number of rotatable bonds is 3. The summed E-state index contributed by atoms with van der Waals surface area (Å²) in [5.41, 5.74) is 0.639. The third-order valence-corrected chi connectivity index (χ3v) is 3.41. The predicted molar refractivity (Wildman–Crippen MR) is 76.5 cm³/mol. The second-order valence-electron chi connectivity index (χ2n) is 4.38. The van der Waals surface area contributed by atoms with Crippen LogP contribution in [-0.2, 0) is 14.3 Å². The van der Waals surface area contributed by atoms with Crippen LogP contribution in [0.5, 0.6) is 0 Å². The molecule has 0 radical (unpaired) electrons. The van der Waals surface area contributed by atoms with Gasteiger partial charge in [0.1, 0.15) is 12.1 Å². The van der Waals surface area contributed by atoms with E-state index < -0.39 is 12.1 Å². The molecule has 20 heavy (non-hydrogen) atoms. The number of carbonyl (C=O) groups is 2. The maximum Gasteiger partial charge on any atom is 0.411 e. The Bertz CT molecular complexity index is 509. The van der Waals surface area contributed by atoms with Crippen molar-refractivity contribution in [2.24, 2.45) is 0 Å². The second kappa shape index (κ2) is 6.71. The fourth-order valence-corrected chi connectivity index (χ4v) is 2.38.